The first-order chi connectivity index (χ1) is 9.52. The summed E-state index contributed by atoms with van der Waals surface area (Å²) in [4.78, 5) is 19.1. The predicted octanol–water partition coefficient (Wildman–Crippen LogP) is 2.64. The van der Waals surface area contributed by atoms with Crippen LogP contribution in [-0.4, -0.2) is 21.9 Å². The van der Waals surface area contributed by atoms with Gasteiger partial charge in [0.25, 0.3) is 5.69 Å². The first-order valence-corrected chi connectivity index (χ1v) is 6.28. The predicted molar refractivity (Wildman–Crippen MR) is 76.3 cm³/mol. The van der Waals surface area contributed by atoms with Crippen molar-refractivity contribution in [1.82, 2.24) is 15.3 Å². The summed E-state index contributed by atoms with van der Waals surface area (Å²) in [6.45, 7) is 3.93. The molecule has 0 spiro atoms. The summed E-state index contributed by atoms with van der Waals surface area (Å²) < 4.78 is 0. The number of aryl methyl sites for hydroxylation is 1. The van der Waals surface area contributed by atoms with E-state index in [1.165, 1.54) is 12.1 Å². The summed E-state index contributed by atoms with van der Waals surface area (Å²) in [5, 5.41) is 13.9. The van der Waals surface area contributed by atoms with Crippen molar-refractivity contribution in [2.75, 3.05) is 7.05 Å². The molecule has 1 atom stereocenters. The standard InChI is InChI=1S/C14H16N4O2/c1-9(15-3)13-8-16-14(17-10(13)2)11-5-4-6-12(7-11)18(19)20/h4-9,15H,1-3H3. The Hall–Kier alpha value is -2.34. The van der Waals surface area contributed by atoms with Gasteiger partial charge in [-0.25, -0.2) is 9.97 Å². The molecule has 0 saturated carbocycles. The van der Waals surface area contributed by atoms with Crippen molar-refractivity contribution in [3.8, 4) is 11.4 Å². The van der Waals surface area contributed by atoms with Crippen molar-refractivity contribution in [2.24, 2.45) is 0 Å². The lowest BCUT2D eigenvalue weighted by Crippen LogP contribution is -2.14. The van der Waals surface area contributed by atoms with Gasteiger partial charge in [0.1, 0.15) is 0 Å². The summed E-state index contributed by atoms with van der Waals surface area (Å²) >= 11 is 0. The van der Waals surface area contributed by atoms with Crippen molar-refractivity contribution in [3.05, 3.63) is 51.8 Å². The molecule has 0 radical (unpaired) electrons. The number of nitro groups is 1. The average molecular weight is 272 g/mol. The lowest BCUT2D eigenvalue weighted by molar-refractivity contribution is -0.384. The van der Waals surface area contributed by atoms with Crippen LogP contribution in [0.3, 0.4) is 0 Å². The Labute approximate surface area is 117 Å². The molecule has 0 bridgehead atoms. The topological polar surface area (TPSA) is 81.0 Å². The number of benzene rings is 1. The number of rotatable bonds is 4. The Morgan fingerprint density at radius 1 is 1.40 bits per heavy atom. The molecule has 0 saturated heterocycles. The molecular formula is C14H16N4O2. The summed E-state index contributed by atoms with van der Waals surface area (Å²) in [6, 6.07) is 6.50. The van der Waals surface area contributed by atoms with Crippen molar-refractivity contribution in [2.45, 2.75) is 19.9 Å². The van der Waals surface area contributed by atoms with Gasteiger partial charge in [-0.05, 0) is 20.9 Å². The third kappa shape index (κ3) is 2.80. The molecule has 20 heavy (non-hydrogen) atoms. The maximum atomic E-state index is 10.8. The normalized spacial score (nSPS) is 12.2. The number of hydrogen-bond acceptors (Lipinski definition) is 5. The molecule has 0 aliphatic carbocycles. The Balaban J connectivity index is 2.41. The third-order valence-corrected chi connectivity index (χ3v) is 3.23. The quantitative estimate of drug-likeness (QED) is 0.683. The first kappa shape index (κ1) is 14.1. The number of nitro benzene ring substituents is 1. The summed E-state index contributed by atoms with van der Waals surface area (Å²) in [5.74, 6) is 0.498. The van der Waals surface area contributed by atoms with Gasteiger partial charge in [-0.2, -0.15) is 0 Å². The highest BCUT2D eigenvalue weighted by Crippen LogP contribution is 2.23. The van der Waals surface area contributed by atoms with Crippen molar-refractivity contribution in [3.63, 3.8) is 0 Å². The fourth-order valence-corrected chi connectivity index (χ4v) is 1.95. The van der Waals surface area contributed by atoms with Gasteiger partial charge in [-0.1, -0.05) is 12.1 Å². The number of nitrogens with zero attached hydrogens (tertiary/aromatic N) is 3. The molecule has 1 heterocycles. The summed E-state index contributed by atoms with van der Waals surface area (Å²) in [6.07, 6.45) is 1.76. The van der Waals surface area contributed by atoms with Crippen LogP contribution in [0.1, 0.15) is 24.2 Å². The number of aromatic nitrogens is 2. The summed E-state index contributed by atoms with van der Waals surface area (Å²) in [7, 11) is 1.87. The van der Waals surface area contributed by atoms with E-state index in [0.717, 1.165) is 11.3 Å². The second kappa shape index (κ2) is 5.75. The van der Waals surface area contributed by atoms with Crippen LogP contribution < -0.4 is 5.32 Å². The van der Waals surface area contributed by atoms with Crippen LogP contribution >= 0.6 is 0 Å². The largest absolute Gasteiger partial charge is 0.313 e. The highest BCUT2D eigenvalue weighted by Gasteiger charge is 2.12. The average Bonchev–Trinajstić information content (AvgIpc) is 2.46. The molecule has 104 valence electrons. The zero-order chi connectivity index (χ0) is 14.7. The Morgan fingerprint density at radius 2 is 2.15 bits per heavy atom. The van der Waals surface area contributed by atoms with Gasteiger partial charge in [0.05, 0.1) is 4.92 Å². The van der Waals surface area contributed by atoms with Crippen LogP contribution in [0.2, 0.25) is 0 Å². The molecule has 1 N–H and O–H groups in total. The molecule has 1 aromatic heterocycles. The van der Waals surface area contributed by atoms with Crippen LogP contribution in [-0.2, 0) is 0 Å². The van der Waals surface area contributed by atoms with Crippen LogP contribution in [0, 0.1) is 17.0 Å². The van der Waals surface area contributed by atoms with Crippen LogP contribution in [0.25, 0.3) is 11.4 Å². The first-order valence-electron chi connectivity index (χ1n) is 6.28. The van der Waals surface area contributed by atoms with Gasteiger partial charge in [-0.3, -0.25) is 10.1 Å². The monoisotopic (exact) mass is 272 g/mol. The van der Waals surface area contributed by atoms with Gasteiger partial charge < -0.3 is 5.32 Å². The van der Waals surface area contributed by atoms with Crippen molar-refractivity contribution < 1.29 is 4.92 Å². The fraction of sp³-hybridized carbons (Fsp3) is 0.286. The van der Waals surface area contributed by atoms with Crippen molar-refractivity contribution in [1.29, 1.82) is 0 Å². The van der Waals surface area contributed by atoms with E-state index < -0.39 is 4.92 Å². The molecule has 6 nitrogen and oxygen atoms in total. The maximum absolute atomic E-state index is 10.8. The molecule has 6 heteroatoms. The smallest absolute Gasteiger partial charge is 0.270 e. The molecule has 1 aromatic carbocycles. The SMILES string of the molecule is CNC(C)c1cnc(-c2cccc([N+](=O)[O-])c2)nc1C. The van der Waals surface area contributed by atoms with Gasteiger partial charge in [0, 0.05) is 41.2 Å². The van der Waals surface area contributed by atoms with E-state index in [-0.39, 0.29) is 11.7 Å². The molecule has 0 fully saturated rings. The lowest BCUT2D eigenvalue weighted by atomic mass is 10.1. The van der Waals surface area contributed by atoms with Gasteiger partial charge in [0.15, 0.2) is 5.82 Å². The van der Waals surface area contributed by atoms with Crippen LogP contribution in [0.15, 0.2) is 30.5 Å². The number of nitrogens with one attached hydrogen (secondary N) is 1. The highest BCUT2D eigenvalue weighted by molar-refractivity contribution is 5.59. The van der Waals surface area contributed by atoms with Gasteiger partial charge >= 0.3 is 0 Å². The Bertz CT molecular complexity index is 643. The molecule has 2 rings (SSSR count). The second-order valence-electron chi connectivity index (χ2n) is 4.55. The minimum atomic E-state index is -0.423. The zero-order valence-electron chi connectivity index (χ0n) is 11.6. The number of hydrogen-bond donors (Lipinski definition) is 1. The van der Waals surface area contributed by atoms with E-state index in [9.17, 15) is 10.1 Å². The second-order valence-corrected chi connectivity index (χ2v) is 4.55. The van der Waals surface area contributed by atoms with Crippen molar-refractivity contribution >= 4 is 5.69 Å². The molecular weight excluding hydrogens is 256 g/mol. The minimum Gasteiger partial charge on any atom is -0.313 e. The molecule has 2 aromatic rings. The Kier molecular flexibility index (Phi) is 4.05. The number of non-ortho nitro benzene ring substituents is 1. The highest BCUT2D eigenvalue weighted by atomic mass is 16.6. The minimum absolute atomic E-state index is 0.0384. The van der Waals surface area contributed by atoms with Gasteiger partial charge in [-0.15, -0.1) is 0 Å². The van der Waals surface area contributed by atoms with E-state index in [0.29, 0.717) is 11.4 Å². The Morgan fingerprint density at radius 3 is 2.75 bits per heavy atom. The van der Waals surface area contributed by atoms with E-state index in [4.69, 9.17) is 0 Å². The van der Waals surface area contributed by atoms with E-state index in [1.807, 2.05) is 20.9 Å². The van der Waals surface area contributed by atoms with E-state index >= 15 is 0 Å². The molecule has 1 unspecified atom stereocenters. The molecule has 0 aliphatic heterocycles. The maximum Gasteiger partial charge on any atom is 0.270 e. The van der Waals surface area contributed by atoms with E-state index in [2.05, 4.69) is 15.3 Å². The molecule has 0 amide bonds. The van der Waals surface area contributed by atoms with Crippen LogP contribution in [0.5, 0.6) is 0 Å². The fourth-order valence-electron chi connectivity index (χ4n) is 1.95. The summed E-state index contributed by atoms with van der Waals surface area (Å²) in [5.41, 5.74) is 2.56. The lowest BCUT2D eigenvalue weighted by Gasteiger charge is -2.13. The third-order valence-electron chi connectivity index (χ3n) is 3.23. The zero-order valence-corrected chi connectivity index (χ0v) is 11.6. The van der Waals surface area contributed by atoms with Gasteiger partial charge in [0.2, 0.25) is 0 Å². The van der Waals surface area contributed by atoms with Crippen LogP contribution in [0.4, 0.5) is 5.69 Å². The molecule has 0 aliphatic rings. The van der Waals surface area contributed by atoms with E-state index in [1.54, 1.807) is 18.3 Å².